The van der Waals surface area contributed by atoms with Crippen LogP contribution in [-0.2, 0) is 36.8 Å². The van der Waals surface area contributed by atoms with Gasteiger partial charge in [0.05, 0.1) is 18.2 Å². The van der Waals surface area contributed by atoms with Crippen molar-refractivity contribution < 1.29 is 39.3 Å². The lowest BCUT2D eigenvalue weighted by Crippen LogP contribution is -2.60. The maximum atomic E-state index is 14.5. The number of amides is 4. The van der Waals surface area contributed by atoms with Gasteiger partial charge >= 0.3 is 0 Å². The van der Waals surface area contributed by atoms with Gasteiger partial charge in [-0.15, -0.1) is 0 Å². The van der Waals surface area contributed by atoms with Crippen LogP contribution in [0.15, 0.2) is 60.8 Å². The lowest BCUT2D eigenvalue weighted by Gasteiger charge is -2.33. The molecule has 15 N–H and O–H groups in total. The molecule has 1 aromatic heterocycles. The first-order valence-electron chi connectivity index (χ1n) is 22.4. The maximum Gasteiger partial charge on any atom is 0.243 e. The third-order valence-electron chi connectivity index (χ3n) is 12.1. The number of Topliss-reactive ketones (excluding diaryl/α,β-unsaturated/α-hetero) is 1. The molecular weight excluding hydrogens is 823 g/mol. The molecule has 19 nitrogen and oxygen atoms in total. The smallest absolute Gasteiger partial charge is 0.243 e. The molecule has 0 unspecified atom stereocenters. The second-order valence-electron chi connectivity index (χ2n) is 17.1. The zero-order valence-electron chi connectivity index (χ0n) is 36.6. The number of nitrogens with zero attached hydrogens (tertiary/aromatic N) is 1. The van der Waals surface area contributed by atoms with Crippen molar-refractivity contribution in [2.45, 2.75) is 126 Å². The van der Waals surface area contributed by atoms with E-state index in [-0.39, 0.29) is 69.8 Å². The van der Waals surface area contributed by atoms with Crippen molar-refractivity contribution >= 4 is 46.3 Å². The Kier molecular flexibility index (Phi) is 19.0. The number of benzene rings is 2. The minimum Gasteiger partial charge on any atom is -0.392 e. The highest BCUT2D eigenvalue weighted by molar-refractivity contribution is 5.95. The molecule has 19 heteroatoms. The number of aliphatic hydroxyl groups is 3. The summed E-state index contributed by atoms with van der Waals surface area (Å²) in [7, 11) is 0. The fourth-order valence-electron chi connectivity index (χ4n) is 8.36. The maximum absolute atomic E-state index is 14.5. The second-order valence-corrected chi connectivity index (χ2v) is 17.1. The van der Waals surface area contributed by atoms with E-state index in [0.717, 1.165) is 16.5 Å². The minimum absolute atomic E-state index is 0.00398. The molecule has 2 fully saturated rings. The van der Waals surface area contributed by atoms with Crippen molar-refractivity contribution in [3.8, 4) is 0 Å². The molecule has 5 rings (SSSR count). The minimum atomic E-state index is -1.41. The molecule has 0 spiro atoms. The van der Waals surface area contributed by atoms with Crippen LogP contribution in [0.5, 0.6) is 0 Å². The van der Waals surface area contributed by atoms with E-state index in [9.17, 15) is 39.3 Å². The first kappa shape index (κ1) is 49.6. The summed E-state index contributed by atoms with van der Waals surface area (Å²) in [6.45, 7) is 3.00. The molecular formula is C45H67N11O8. The highest BCUT2D eigenvalue weighted by atomic mass is 16.3. The fraction of sp³-hybridized carbons (Fsp3) is 0.556. The van der Waals surface area contributed by atoms with Crippen LogP contribution in [0.2, 0.25) is 0 Å². The van der Waals surface area contributed by atoms with Crippen LogP contribution >= 0.6 is 0 Å². The van der Waals surface area contributed by atoms with E-state index in [0.29, 0.717) is 44.3 Å². The number of aliphatic hydroxyl groups excluding tert-OH is 3. The van der Waals surface area contributed by atoms with Crippen molar-refractivity contribution in [1.29, 1.82) is 5.41 Å². The molecule has 9 atom stereocenters. The number of aromatic nitrogens is 1. The van der Waals surface area contributed by atoms with Gasteiger partial charge in [-0.05, 0) is 74.6 Å². The Morgan fingerprint density at radius 3 is 2.27 bits per heavy atom. The van der Waals surface area contributed by atoms with Crippen LogP contribution in [-0.4, -0.2) is 136 Å². The molecule has 2 saturated heterocycles. The number of para-hydroxylation sites is 1. The number of nitrogens with two attached hydrogens (primary N) is 2. The molecule has 2 aliphatic rings. The molecule has 0 saturated carbocycles. The van der Waals surface area contributed by atoms with E-state index >= 15 is 0 Å². The largest absolute Gasteiger partial charge is 0.392 e. The van der Waals surface area contributed by atoms with Crippen molar-refractivity contribution in [2.24, 2.45) is 17.4 Å². The number of nitrogens with one attached hydrogen (secondary N) is 8. The van der Waals surface area contributed by atoms with Crippen LogP contribution in [0.4, 0.5) is 0 Å². The summed E-state index contributed by atoms with van der Waals surface area (Å²) in [6, 6.07) is 10.9. The van der Waals surface area contributed by atoms with E-state index in [1.807, 2.05) is 30.3 Å². The zero-order chi connectivity index (χ0) is 46.2. The predicted octanol–water partition coefficient (Wildman–Crippen LogP) is -0.665. The Morgan fingerprint density at radius 1 is 0.844 bits per heavy atom. The van der Waals surface area contributed by atoms with Gasteiger partial charge < -0.3 is 63.7 Å². The molecule has 4 amide bonds. The number of hydrogen-bond acceptors (Lipinski definition) is 12. The lowest BCUT2D eigenvalue weighted by atomic mass is 9.99. The number of fused-ring (bicyclic) bond motifs is 2. The highest BCUT2D eigenvalue weighted by Gasteiger charge is 2.42. The van der Waals surface area contributed by atoms with E-state index in [1.165, 1.54) is 4.90 Å². The average Bonchev–Trinajstić information content (AvgIpc) is 3.87. The van der Waals surface area contributed by atoms with Gasteiger partial charge in [0.25, 0.3) is 0 Å². The average molecular weight is 890 g/mol. The van der Waals surface area contributed by atoms with E-state index in [4.69, 9.17) is 16.9 Å². The number of aromatic amines is 1. The molecule has 0 bridgehead atoms. The van der Waals surface area contributed by atoms with Gasteiger partial charge in [-0.25, -0.2) is 0 Å². The summed E-state index contributed by atoms with van der Waals surface area (Å²) >= 11 is 0. The van der Waals surface area contributed by atoms with Gasteiger partial charge in [0.15, 0.2) is 5.96 Å². The van der Waals surface area contributed by atoms with E-state index in [1.54, 1.807) is 37.4 Å². The van der Waals surface area contributed by atoms with Gasteiger partial charge in [0.2, 0.25) is 23.6 Å². The Labute approximate surface area is 373 Å². The lowest BCUT2D eigenvalue weighted by molar-refractivity contribution is -0.137. The van der Waals surface area contributed by atoms with Crippen molar-refractivity contribution in [3.63, 3.8) is 0 Å². The topological polar surface area (TPSA) is 313 Å². The Bertz CT molecular complexity index is 2020. The zero-order valence-corrected chi connectivity index (χ0v) is 36.6. The predicted molar refractivity (Wildman–Crippen MR) is 241 cm³/mol. The normalized spacial score (nSPS) is 27.4. The van der Waals surface area contributed by atoms with Crippen molar-refractivity contribution in [2.75, 3.05) is 26.2 Å². The number of hydrogen-bond donors (Lipinski definition) is 13. The van der Waals surface area contributed by atoms with Gasteiger partial charge in [-0.3, -0.25) is 34.3 Å². The number of rotatable bonds is 9. The first-order valence-corrected chi connectivity index (χ1v) is 22.4. The summed E-state index contributed by atoms with van der Waals surface area (Å²) in [6.07, 6.45) is 0.997. The summed E-state index contributed by atoms with van der Waals surface area (Å²) < 4.78 is 0. The number of carbonyl (C=O) groups excluding carboxylic acids is 5. The van der Waals surface area contributed by atoms with E-state index in [2.05, 4.69) is 36.9 Å². The molecule has 2 aromatic carbocycles. The van der Waals surface area contributed by atoms with Gasteiger partial charge in [0.1, 0.15) is 36.4 Å². The molecule has 3 heterocycles. The van der Waals surface area contributed by atoms with Crippen LogP contribution in [0, 0.1) is 11.3 Å². The summed E-state index contributed by atoms with van der Waals surface area (Å²) in [5.74, 6) is -3.31. The number of guanidine groups is 1. The van der Waals surface area contributed by atoms with Gasteiger partial charge in [-0.1, -0.05) is 55.5 Å². The van der Waals surface area contributed by atoms with Gasteiger partial charge in [0, 0.05) is 62.4 Å². The molecule has 3 aromatic rings. The summed E-state index contributed by atoms with van der Waals surface area (Å²) in [5, 5.41) is 58.5. The van der Waals surface area contributed by atoms with Crippen LogP contribution in [0.1, 0.15) is 75.8 Å². The number of ketones is 1. The van der Waals surface area contributed by atoms with Crippen LogP contribution in [0.25, 0.3) is 10.9 Å². The Balaban J connectivity index is 1.47. The van der Waals surface area contributed by atoms with Crippen LogP contribution in [0.3, 0.4) is 0 Å². The standard InChI is InChI=1S/C45H67N11O8/c1-27-16-17-30(57)18-21-49-19-8-7-14-34(39(46)59)52-42(62)37(23-29-25-51-33-13-6-5-12-32(29)33)54-40(60)35(15-9-20-50-45(47)48)53-41(61)36(22-28-10-3-2-4-11-28)55-43(63)38-24-31(58)26-56(38)44(27)64/h2-6,10-13,25,27,31,34-39,44,49,51,58-59,64H,7-9,14-24,26,46H2,1H3,(H,52,62)(H,53,61)(H,54,60)(H,55,63)(H4,47,48,50)/t27-,31+,34-,35-,36+,37-,38-,39-,44-/m0/s1. The molecule has 350 valence electrons. The molecule has 64 heavy (non-hydrogen) atoms. The van der Waals surface area contributed by atoms with Gasteiger partial charge in [-0.2, -0.15) is 0 Å². The third-order valence-corrected chi connectivity index (χ3v) is 12.1. The molecule has 0 aliphatic carbocycles. The highest BCUT2D eigenvalue weighted by Crippen LogP contribution is 2.26. The summed E-state index contributed by atoms with van der Waals surface area (Å²) in [4.78, 5) is 74.8. The monoisotopic (exact) mass is 890 g/mol. The first-order chi connectivity index (χ1) is 30.7. The SMILES string of the molecule is C[C@H]1CCC(=O)CCNCCCC[C@@H]([C@@H](N)O)NC(=O)[C@H](Cc2c[nH]c3ccccc23)NC(=O)[C@H](CCCNC(=N)N)NC(=O)[C@@H](Cc2ccccc2)NC(=O)[C@@H]2C[C@@H](O)CN2[C@H]1O. The van der Waals surface area contributed by atoms with E-state index < -0.39 is 78.3 Å². The fourth-order valence-corrected chi connectivity index (χ4v) is 8.36. The third kappa shape index (κ3) is 14.8. The second kappa shape index (κ2) is 24.6. The Morgan fingerprint density at radius 2 is 1.52 bits per heavy atom. The summed E-state index contributed by atoms with van der Waals surface area (Å²) in [5.41, 5.74) is 13.7. The molecule has 0 radical (unpaired) electrons. The Hall–Kier alpha value is -5.44. The van der Waals surface area contributed by atoms with Crippen molar-refractivity contribution in [3.05, 3.63) is 71.9 Å². The molecule has 2 aliphatic heterocycles. The quantitative estimate of drug-likeness (QED) is 0.0550. The number of carbonyl (C=O) groups is 5. The number of H-pyrrole nitrogens is 1. The van der Waals surface area contributed by atoms with Crippen LogP contribution < -0.4 is 43.4 Å². The van der Waals surface area contributed by atoms with Crippen molar-refractivity contribution in [1.82, 2.24) is 41.8 Å².